The molecule has 2 aromatic heterocycles. The van der Waals surface area contributed by atoms with E-state index in [1.54, 1.807) is 0 Å². The van der Waals surface area contributed by atoms with Crippen molar-refractivity contribution in [3.05, 3.63) is 74.1 Å². The van der Waals surface area contributed by atoms with Crippen LogP contribution in [0.4, 0.5) is 5.69 Å². The summed E-state index contributed by atoms with van der Waals surface area (Å²) in [4.78, 5) is 17.1. The summed E-state index contributed by atoms with van der Waals surface area (Å²) in [5, 5.41) is 15.2. The van der Waals surface area contributed by atoms with Crippen molar-refractivity contribution in [1.82, 2.24) is 5.32 Å². The Morgan fingerprint density at radius 1 is 1.12 bits per heavy atom. The van der Waals surface area contributed by atoms with Gasteiger partial charge < -0.3 is 15.3 Å². The number of carbonyl (C=O) groups excluding carboxylic acids is 1. The second-order valence-corrected chi connectivity index (χ2v) is 8.03. The molecule has 1 aromatic carbocycles. The quantitative estimate of drug-likeness (QED) is 0.690. The highest BCUT2D eigenvalue weighted by Gasteiger charge is 2.14. The number of hydrogen-bond acceptors (Lipinski definition) is 5. The van der Waals surface area contributed by atoms with E-state index >= 15 is 0 Å². The Kier molecular flexibility index (Phi) is 5.53. The number of aliphatic hydroxyl groups is 1. The van der Waals surface area contributed by atoms with Crippen LogP contribution in [0.5, 0.6) is 0 Å². The van der Waals surface area contributed by atoms with Crippen LogP contribution >= 0.6 is 22.7 Å². The van der Waals surface area contributed by atoms with Crippen LogP contribution in [0.3, 0.4) is 0 Å². The lowest BCUT2D eigenvalue weighted by atomic mass is 10.2. The zero-order valence-corrected chi connectivity index (χ0v) is 15.7. The van der Waals surface area contributed by atoms with Gasteiger partial charge in [0.2, 0.25) is 0 Å². The smallest absolute Gasteiger partial charge is 0.251 e. The van der Waals surface area contributed by atoms with Crippen molar-refractivity contribution in [1.29, 1.82) is 0 Å². The molecule has 2 N–H and O–H groups in total. The van der Waals surface area contributed by atoms with Gasteiger partial charge in [-0.2, -0.15) is 0 Å². The SMILES string of the molecule is CN(C)c1ccc(C(=O)NCc2ccc([C@@H](O)c3cccs3)s2)cc1. The first-order chi connectivity index (χ1) is 12.0. The number of nitrogens with one attached hydrogen (secondary N) is 1. The molecule has 0 spiro atoms. The Labute approximate surface area is 155 Å². The minimum absolute atomic E-state index is 0.0981. The third-order valence-electron chi connectivity index (χ3n) is 3.83. The summed E-state index contributed by atoms with van der Waals surface area (Å²) in [6.07, 6.45) is -0.590. The molecular weight excluding hydrogens is 352 g/mol. The molecule has 0 aliphatic carbocycles. The molecule has 6 heteroatoms. The molecule has 0 saturated carbocycles. The van der Waals surface area contributed by atoms with Gasteiger partial charge in [-0.05, 0) is 47.8 Å². The number of hydrogen-bond donors (Lipinski definition) is 2. The summed E-state index contributed by atoms with van der Waals surface area (Å²) < 4.78 is 0. The van der Waals surface area contributed by atoms with Gasteiger partial charge in [-0.25, -0.2) is 0 Å². The average molecular weight is 373 g/mol. The summed E-state index contributed by atoms with van der Waals surface area (Å²) in [7, 11) is 3.93. The molecule has 0 bridgehead atoms. The predicted octanol–water partition coefficient (Wildman–Crippen LogP) is 3.89. The van der Waals surface area contributed by atoms with Gasteiger partial charge in [0.15, 0.2) is 0 Å². The van der Waals surface area contributed by atoms with Crippen LogP contribution < -0.4 is 10.2 Å². The van der Waals surface area contributed by atoms with Gasteiger partial charge in [0.05, 0.1) is 6.54 Å². The van der Waals surface area contributed by atoms with E-state index in [9.17, 15) is 9.90 Å². The van der Waals surface area contributed by atoms with Crippen LogP contribution in [0.2, 0.25) is 0 Å². The summed E-state index contributed by atoms with van der Waals surface area (Å²) in [5.41, 5.74) is 1.70. The standard InChI is InChI=1S/C19H20N2O2S2/c1-21(2)14-7-5-13(6-8-14)19(23)20-12-15-9-10-17(25-15)18(22)16-4-3-11-24-16/h3-11,18,22H,12H2,1-2H3,(H,20,23)/t18-/m0/s1. The monoisotopic (exact) mass is 372 g/mol. The maximum atomic E-state index is 12.3. The van der Waals surface area contributed by atoms with Crippen LogP contribution in [0.1, 0.15) is 31.1 Å². The molecule has 2 heterocycles. The van der Waals surface area contributed by atoms with Crippen molar-refractivity contribution in [2.45, 2.75) is 12.6 Å². The number of amides is 1. The van der Waals surface area contributed by atoms with Crippen LogP contribution in [0.25, 0.3) is 0 Å². The highest BCUT2D eigenvalue weighted by molar-refractivity contribution is 7.12. The molecule has 0 unspecified atom stereocenters. The van der Waals surface area contributed by atoms with Crippen molar-refractivity contribution < 1.29 is 9.90 Å². The number of carbonyl (C=O) groups is 1. The molecule has 3 rings (SSSR count). The van der Waals surface area contributed by atoms with Gasteiger partial charge in [0.25, 0.3) is 5.91 Å². The molecule has 0 aliphatic heterocycles. The molecule has 0 saturated heterocycles. The van der Waals surface area contributed by atoms with E-state index in [0.717, 1.165) is 20.3 Å². The molecule has 0 radical (unpaired) electrons. The molecule has 130 valence electrons. The molecule has 4 nitrogen and oxygen atoms in total. The van der Waals surface area contributed by atoms with Gasteiger partial charge in [-0.1, -0.05) is 6.07 Å². The van der Waals surface area contributed by atoms with Crippen molar-refractivity contribution in [2.75, 3.05) is 19.0 Å². The second kappa shape index (κ2) is 7.82. The van der Waals surface area contributed by atoms with Crippen LogP contribution in [0.15, 0.2) is 53.9 Å². The summed E-state index contributed by atoms with van der Waals surface area (Å²) in [5.74, 6) is -0.0981. The van der Waals surface area contributed by atoms with E-state index in [4.69, 9.17) is 0 Å². The van der Waals surface area contributed by atoms with Crippen molar-refractivity contribution in [3.63, 3.8) is 0 Å². The fourth-order valence-corrected chi connectivity index (χ4v) is 4.16. The highest BCUT2D eigenvalue weighted by atomic mass is 32.1. The number of nitrogens with zero attached hydrogens (tertiary/aromatic N) is 1. The zero-order chi connectivity index (χ0) is 17.8. The Morgan fingerprint density at radius 3 is 2.52 bits per heavy atom. The third kappa shape index (κ3) is 4.28. The number of thiophene rings is 2. The summed E-state index contributed by atoms with van der Waals surface area (Å²) in [6, 6.07) is 15.2. The lowest BCUT2D eigenvalue weighted by Crippen LogP contribution is -2.22. The molecule has 0 fully saturated rings. The minimum Gasteiger partial charge on any atom is -0.382 e. The molecule has 25 heavy (non-hydrogen) atoms. The second-order valence-electron chi connectivity index (χ2n) is 5.85. The van der Waals surface area contributed by atoms with Crippen molar-refractivity contribution in [2.24, 2.45) is 0 Å². The Morgan fingerprint density at radius 2 is 1.88 bits per heavy atom. The van der Waals surface area contributed by atoms with E-state index < -0.39 is 6.10 Å². The highest BCUT2D eigenvalue weighted by Crippen LogP contribution is 2.30. The average Bonchev–Trinajstić information content (AvgIpc) is 3.31. The van der Waals surface area contributed by atoms with E-state index in [-0.39, 0.29) is 5.91 Å². The number of rotatable bonds is 6. The van der Waals surface area contributed by atoms with Gasteiger partial charge >= 0.3 is 0 Å². The number of benzene rings is 1. The first-order valence-electron chi connectivity index (χ1n) is 7.90. The maximum absolute atomic E-state index is 12.3. The van der Waals surface area contributed by atoms with Crippen molar-refractivity contribution >= 4 is 34.3 Å². The Hall–Kier alpha value is -2.15. The first kappa shape index (κ1) is 17.7. The predicted molar refractivity (Wildman–Crippen MR) is 105 cm³/mol. The van der Waals surface area contributed by atoms with E-state index in [1.165, 1.54) is 22.7 Å². The van der Waals surface area contributed by atoms with Gasteiger partial charge in [-0.3, -0.25) is 4.79 Å². The van der Waals surface area contributed by atoms with E-state index in [1.807, 2.05) is 72.9 Å². The maximum Gasteiger partial charge on any atom is 0.251 e. The van der Waals surface area contributed by atoms with Crippen LogP contribution in [0, 0.1) is 0 Å². The fourth-order valence-electron chi connectivity index (χ4n) is 2.40. The van der Waals surface area contributed by atoms with Crippen molar-refractivity contribution in [3.8, 4) is 0 Å². The lowest BCUT2D eigenvalue weighted by Gasteiger charge is -2.12. The molecule has 1 atom stereocenters. The lowest BCUT2D eigenvalue weighted by molar-refractivity contribution is 0.0951. The molecule has 1 amide bonds. The topological polar surface area (TPSA) is 52.6 Å². The largest absolute Gasteiger partial charge is 0.382 e. The van der Waals surface area contributed by atoms with Gasteiger partial charge in [0, 0.05) is 40.0 Å². The zero-order valence-electron chi connectivity index (χ0n) is 14.1. The summed E-state index contributed by atoms with van der Waals surface area (Å²) >= 11 is 3.06. The molecular formula is C19H20N2O2S2. The molecule has 3 aromatic rings. The van der Waals surface area contributed by atoms with Crippen LogP contribution in [-0.2, 0) is 6.54 Å². The Balaban J connectivity index is 1.59. The van der Waals surface area contributed by atoms with E-state index in [0.29, 0.717) is 12.1 Å². The third-order valence-corrected chi connectivity index (χ3v) is 5.90. The fraction of sp³-hybridized carbons (Fsp3) is 0.211. The number of anilines is 1. The minimum atomic E-state index is -0.590. The van der Waals surface area contributed by atoms with Gasteiger partial charge in [0.1, 0.15) is 6.10 Å². The molecule has 0 aliphatic rings. The van der Waals surface area contributed by atoms with E-state index in [2.05, 4.69) is 5.32 Å². The normalized spacial score (nSPS) is 12.0. The van der Waals surface area contributed by atoms with Crippen LogP contribution in [-0.4, -0.2) is 25.1 Å². The first-order valence-corrected chi connectivity index (χ1v) is 9.60. The van der Waals surface area contributed by atoms with Gasteiger partial charge in [-0.15, -0.1) is 22.7 Å². The number of aliphatic hydroxyl groups excluding tert-OH is 1. The summed E-state index contributed by atoms with van der Waals surface area (Å²) in [6.45, 7) is 0.454. The Bertz CT molecular complexity index is 823.